The summed E-state index contributed by atoms with van der Waals surface area (Å²) in [5.74, 6) is 0.895. The van der Waals surface area contributed by atoms with Crippen molar-refractivity contribution in [1.82, 2.24) is 5.32 Å². The third kappa shape index (κ3) is 2.54. The van der Waals surface area contributed by atoms with Crippen LogP contribution in [0, 0.1) is 5.92 Å². The van der Waals surface area contributed by atoms with Crippen LogP contribution in [0.25, 0.3) is 0 Å². The normalized spacial score (nSPS) is 28.5. The molecule has 1 saturated carbocycles. The van der Waals surface area contributed by atoms with Gasteiger partial charge in [-0.05, 0) is 59.8 Å². The van der Waals surface area contributed by atoms with Gasteiger partial charge in [0.15, 0.2) is 0 Å². The van der Waals surface area contributed by atoms with Gasteiger partial charge in [0.25, 0.3) is 0 Å². The van der Waals surface area contributed by atoms with Crippen LogP contribution in [0.2, 0.25) is 5.02 Å². The molecule has 1 aliphatic carbocycles. The molecule has 98 valence electrons. The number of benzene rings is 1. The summed E-state index contributed by atoms with van der Waals surface area (Å²) in [4.78, 5) is 2.50. The molecule has 0 bridgehead atoms. The fraction of sp³-hybridized carbons (Fsp3) is 0.571. The Morgan fingerprint density at radius 2 is 2.17 bits per heavy atom. The maximum Gasteiger partial charge on any atom is 0.0515 e. The number of anilines is 1. The number of nitrogens with zero attached hydrogens (tertiary/aromatic N) is 1. The van der Waals surface area contributed by atoms with E-state index in [2.05, 4.69) is 39.1 Å². The van der Waals surface area contributed by atoms with E-state index in [9.17, 15) is 0 Å². The zero-order chi connectivity index (χ0) is 12.7. The van der Waals surface area contributed by atoms with Crippen LogP contribution in [0.3, 0.4) is 0 Å². The number of hydrogen-bond donors (Lipinski definition) is 1. The third-order valence-electron chi connectivity index (χ3n) is 4.01. The van der Waals surface area contributed by atoms with Crippen LogP contribution in [0.1, 0.15) is 19.8 Å². The Kier molecular flexibility index (Phi) is 3.57. The van der Waals surface area contributed by atoms with Crippen molar-refractivity contribution in [2.75, 3.05) is 18.0 Å². The minimum atomic E-state index is 0.525. The van der Waals surface area contributed by atoms with E-state index in [4.69, 9.17) is 11.6 Å². The monoisotopic (exact) mass is 328 g/mol. The van der Waals surface area contributed by atoms with Gasteiger partial charge in [-0.2, -0.15) is 0 Å². The molecule has 2 nitrogen and oxygen atoms in total. The molecule has 18 heavy (non-hydrogen) atoms. The van der Waals surface area contributed by atoms with Crippen molar-refractivity contribution in [1.29, 1.82) is 0 Å². The molecule has 0 aromatic heterocycles. The minimum Gasteiger partial charge on any atom is -0.365 e. The lowest BCUT2D eigenvalue weighted by Gasteiger charge is -2.41. The van der Waals surface area contributed by atoms with Crippen LogP contribution >= 0.6 is 27.5 Å². The van der Waals surface area contributed by atoms with Crippen LogP contribution in [-0.2, 0) is 0 Å². The molecule has 0 radical (unpaired) electrons. The van der Waals surface area contributed by atoms with Crippen LogP contribution in [0.15, 0.2) is 22.7 Å². The van der Waals surface area contributed by atoms with Gasteiger partial charge in [-0.25, -0.2) is 0 Å². The van der Waals surface area contributed by atoms with E-state index < -0.39 is 0 Å². The van der Waals surface area contributed by atoms with E-state index in [-0.39, 0.29) is 0 Å². The Bertz CT molecular complexity index is 447. The summed E-state index contributed by atoms with van der Waals surface area (Å²) in [6.07, 6.45) is 2.78. The molecule has 1 saturated heterocycles. The SMILES string of the molecule is CC1CNC(C2CC2)CN1c1ccc(Cl)cc1Br. The maximum absolute atomic E-state index is 6.02. The Morgan fingerprint density at radius 1 is 1.39 bits per heavy atom. The number of rotatable bonds is 2. The van der Waals surface area contributed by atoms with Gasteiger partial charge in [0.1, 0.15) is 0 Å². The van der Waals surface area contributed by atoms with Crippen molar-refractivity contribution >= 4 is 33.2 Å². The average Bonchev–Trinajstić information content (AvgIpc) is 3.14. The zero-order valence-corrected chi connectivity index (χ0v) is 12.8. The fourth-order valence-corrected chi connectivity index (χ4v) is 3.66. The molecule has 2 unspecified atom stereocenters. The molecule has 1 aromatic rings. The van der Waals surface area contributed by atoms with Crippen molar-refractivity contribution in [3.8, 4) is 0 Å². The number of hydrogen-bond acceptors (Lipinski definition) is 2. The Balaban J connectivity index is 1.83. The molecule has 0 spiro atoms. The first-order valence-electron chi connectivity index (χ1n) is 6.60. The van der Waals surface area contributed by atoms with Crippen LogP contribution < -0.4 is 10.2 Å². The maximum atomic E-state index is 6.02. The summed E-state index contributed by atoms with van der Waals surface area (Å²) < 4.78 is 1.10. The summed E-state index contributed by atoms with van der Waals surface area (Å²) >= 11 is 9.66. The molecule has 4 heteroatoms. The van der Waals surface area contributed by atoms with Crippen molar-refractivity contribution in [2.24, 2.45) is 5.92 Å². The van der Waals surface area contributed by atoms with Crippen molar-refractivity contribution in [2.45, 2.75) is 31.8 Å². The smallest absolute Gasteiger partial charge is 0.0515 e. The highest BCUT2D eigenvalue weighted by Gasteiger charge is 2.36. The molecule has 3 rings (SSSR count). The van der Waals surface area contributed by atoms with E-state index in [1.54, 1.807) is 0 Å². The summed E-state index contributed by atoms with van der Waals surface area (Å²) in [5.41, 5.74) is 1.26. The lowest BCUT2D eigenvalue weighted by Crippen LogP contribution is -2.56. The highest BCUT2D eigenvalue weighted by Crippen LogP contribution is 2.37. The second-order valence-corrected chi connectivity index (χ2v) is 6.74. The third-order valence-corrected chi connectivity index (χ3v) is 4.88. The number of piperazine rings is 1. The van der Waals surface area contributed by atoms with E-state index in [0.29, 0.717) is 12.1 Å². The quantitative estimate of drug-likeness (QED) is 0.890. The molecule has 1 N–H and O–H groups in total. The van der Waals surface area contributed by atoms with Crippen LogP contribution in [0.4, 0.5) is 5.69 Å². The van der Waals surface area contributed by atoms with Gasteiger partial charge < -0.3 is 10.2 Å². The molecule has 2 atom stereocenters. The second kappa shape index (κ2) is 5.03. The number of halogens is 2. The molecule has 0 amide bonds. The molecule has 2 fully saturated rings. The average molecular weight is 330 g/mol. The van der Waals surface area contributed by atoms with Gasteiger partial charge in [0, 0.05) is 34.7 Å². The van der Waals surface area contributed by atoms with E-state index in [1.165, 1.54) is 18.5 Å². The molecule has 2 aliphatic rings. The standard InChI is InChI=1S/C14H18BrClN2/c1-9-7-17-13(10-2-3-10)8-18(9)14-5-4-11(16)6-12(14)15/h4-6,9-10,13,17H,2-3,7-8H2,1H3. The van der Waals surface area contributed by atoms with Crippen LogP contribution in [-0.4, -0.2) is 25.2 Å². The van der Waals surface area contributed by atoms with Gasteiger partial charge in [0.2, 0.25) is 0 Å². The summed E-state index contributed by atoms with van der Waals surface area (Å²) in [6, 6.07) is 7.26. The molecular formula is C14H18BrClN2. The first kappa shape index (κ1) is 12.8. The van der Waals surface area contributed by atoms with Gasteiger partial charge >= 0.3 is 0 Å². The van der Waals surface area contributed by atoms with Gasteiger partial charge in [0.05, 0.1) is 5.69 Å². The van der Waals surface area contributed by atoms with Gasteiger partial charge in [-0.3, -0.25) is 0 Å². The predicted molar refractivity (Wildman–Crippen MR) is 80.5 cm³/mol. The lowest BCUT2D eigenvalue weighted by atomic mass is 10.1. The topological polar surface area (TPSA) is 15.3 Å². The van der Waals surface area contributed by atoms with Crippen molar-refractivity contribution < 1.29 is 0 Å². The van der Waals surface area contributed by atoms with Crippen LogP contribution in [0.5, 0.6) is 0 Å². The molecule has 1 aliphatic heterocycles. The van der Waals surface area contributed by atoms with E-state index in [1.807, 2.05) is 12.1 Å². The minimum absolute atomic E-state index is 0.525. The first-order valence-corrected chi connectivity index (χ1v) is 7.77. The highest BCUT2D eigenvalue weighted by atomic mass is 79.9. The molecule has 1 heterocycles. The van der Waals surface area contributed by atoms with Crippen molar-refractivity contribution in [3.63, 3.8) is 0 Å². The van der Waals surface area contributed by atoms with E-state index >= 15 is 0 Å². The molecular weight excluding hydrogens is 312 g/mol. The fourth-order valence-electron chi connectivity index (χ4n) is 2.75. The largest absolute Gasteiger partial charge is 0.365 e. The predicted octanol–water partition coefficient (Wildman–Crippen LogP) is 3.68. The molecule has 1 aromatic carbocycles. The summed E-state index contributed by atoms with van der Waals surface area (Å²) in [7, 11) is 0. The Morgan fingerprint density at radius 3 is 2.83 bits per heavy atom. The Hall–Kier alpha value is -0.250. The van der Waals surface area contributed by atoms with E-state index in [0.717, 1.165) is 28.5 Å². The van der Waals surface area contributed by atoms with Crippen molar-refractivity contribution in [3.05, 3.63) is 27.7 Å². The zero-order valence-electron chi connectivity index (χ0n) is 10.5. The summed E-state index contributed by atoms with van der Waals surface area (Å²) in [5, 5.41) is 4.46. The lowest BCUT2D eigenvalue weighted by molar-refractivity contribution is 0.375. The van der Waals surface area contributed by atoms with Gasteiger partial charge in [-0.15, -0.1) is 0 Å². The Labute approximate surface area is 122 Å². The second-order valence-electron chi connectivity index (χ2n) is 5.45. The first-order chi connectivity index (χ1) is 8.65. The highest BCUT2D eigenvalue weighted by molar-refractivity contribution is 9.10. The van der Waals surface area contributed by atoms with Gasteiger partial charge in [-0.1, -0.05) is 11.6 Å². The summed E-state index contributed by atoms with van der Waals surface area (Å²) in [6.45, 7) is 4.44. The number of nitrogens with one attached hydrogen (secondary N) is 1.